The van der Waals surface area contributed by atoms with Crippen molar-refractivity contribution in [1.29, 1.82) is 0 Å². The lowest BCUT2D eigenvalue weighted by atomic mass is 10.3. The lowest BCUT2D eigenvalue weighted by molar-refractivity contribution is 0.290. The van der Waals surface area contributed by atoms with Gasteiger partial charge in [-0.05, 0) is 24.4 Å². The molecule has 0 aliphatic carbocycles. The van der Waals surface area contributed by atoms with Crippen LogP contribution in [-0.4, -0.2) is 45.6 Å². The third-order valence-corrected chi connectivity index (χ3v) is 5.55. The highest BCUT2D eigenvalue weighted by Crippen LogP contribution is 2.27. The maximum atomic E-state index is 6.11. The number of hydrogen-bond donors (Lipinski definition) is 1. The van der Waals surface area contributed by atoms with E-state index in [4.69, 9.17) is 35.4 Å². The molecular formula is C13H15Cl2N3S2. The van der Waals surface area contributed by atoms with Gasteiger partial charge in [-0.25, -0.2) is 0 Å². The minimum absolute atomic E-state index is 0.552. The van der Waals surface area contributed by atoms with Crippen LogP contribution in [0.1, 0.15) is 0 Å². The molecule has 1 aliphatic rings. The molecular weight excluding hydrogens is 333 g/mol. The van der Waals surface area contributed by atoms with Gasteiger partial charge in [-0.2, -0.15) is 11.8 Å². The van der Waals surface area contributed by atoms with Crippen LogP contribution in [0, 0.1) is 4.77 Å². The molecule has 7 heteroatoms. The summed E-state index contributed by atoms with van der Waals surface area (Å²) in [5.74, 6) is 2.45. The summed E-state index contributed by atoms with van der Waals surface area (Å²) in [6, 6.07) is 3.72. The van der Waals surface area contributed by atoms with Crippen LogP contribution in [-0.2, 0) is 6.54 Å². The second kappa shape index (κ2) is 6.28. The molecule has 1 saturated heterocycles. The van der Waals surface area contributed by atoms with Crippen LogP contribution in [0.4, 0.5) is 0 Å². The third-order valence-electron chi connectivity index (χ3n) is 3.56. The first kappa shape index (κ1) is 14.7. The van der Waals surface area contributed by atoms with Crippen LogP contribution in [0.2, 0.25) is 10.0 Å². The second-order valence-electron chi connectivity index (χ2n) is 4.82. The van der Waals surface area contributed by atoms with E-state index in [1.807, 2.05) is 23.9 Å². The van der Waals surface area contributed by atoms with E-state index < -0.39 is 0 Å². The highest BCUT2D eigenvalue weighted by molar-refractivity contribution is 7.99. The average Bonchev–Trinajstić information content (AvgIpc) is 2.73. The number of benzene rings is 1. The lowest BCUT2D eigenvalue weighted by Crippen LogP contribution is -2.35. The number of fused-ring (bicyclic) bond motifs is 1. The van der Waals surface area contributed by atoms with Crippen LogP contribution in [0.25, 0.3) is 11.0 Å². The summed E-state index contributed by atoms with van der Waals surface area (Å²) in [6.45, 7) is 4.21. The van der Waals surface area contributed by atoms with Gasteiger partial charge in [-0.1, -0.05) is 23.2 Å². The molecule has 0 saturated carbocycles. The molecule has 108 valence electrons. The fourth-order valence-electron chi connectivity index (χ4n) is 2.44. The Balaban J connectivity index is 1.85. The standard InChI is InChI=1S/C13H15Cl2N3S2/c14-9-7-11-12(8-10(9)15)18(13(19)16-11)2-1-17-3-5-20-6-4-17/h7-8H,1-6H2,(H,16,19). The van der Waals surface area contributed by atoms with Crippen molar-refractivity contribution < 1.29 is 0 Å². The van der Waals surface area contributed by atoms with E-state index in [0.717, 1.165) is 42.0 Å². The van der Waals surface area contributed by atoms with Gasteiger partial charge < -0.3 is 9.55 Å². The second-order valence-corrected chi connectivity index (χ2v) is 7.25. The van der Waals surface area contributed by atoms with Gasteiger partial charge >= 0.3 is 0 Å². The minimum atomic E-state index is 0.552. The van der Waals surface area contributed by atoms with Crippen molar-refractivity contribution in [3.8, 4) is 0 Å². The number of H-pyrrole nitrogens is 1. The van der Waals surface area contributed by atoms with Crippen LogP contribution in [0.3, 0.4) is 0 Å². The highest BCUT2D eigenvalue weighted by Gasteiger charge is 2.12. The third kappa shape index (κ3) is 3.02. The number of nitrogens with zero attached hydrogens (tertiary/aromatic N) is 2. The van der Waals surface area contributed by atoms with Crippen LogP contribution >= 0.6 is 47.2 Å². The predicted octanol–water partition coefficient (Wildman–Crippen LogP) is 4.05. The summed E-state index contributed by atoms with van der Waals surface area (Å²) >= 11 is 19.6. The Kier molecular flexibility index (Phi) is 4.62. The lowest BCUT2D eigenvalue weighted by Gasteiger charge is -2.26. The number of rotatable bonds is 3. The number of imidazole rings is 1. The SMILES string of the molecule is S=c1[nH]c2cc(Cl)c(Cl)cc2n1CCN1CCSCC1. The monoisotopic (exact) mass is 347 g/mol. The van der Waals surface area contributed by atoms with Gasteiger partial charge in [0.1, 0.15) is 0 Å². The van der Waals surface area contributed by atoms with E-state index in [2.05, 4.69) is 14.5 Å². The first-order chi connectivity index (χ1) is 9.65. The van der Waals surface area contributed by atoms with Crippen molar-refractivity contribution in [2.45, 2.75) is 6.54 Å². The van der Waals surface area contributed by atoms with Crippen LogP contribution < -0.4 is 0 Å². The molecule has 1 aliphatic heterocycles. The Morgan fingerprint density at radius 3 is 2.60 bits per heavy atom. The number of aromatic nitrogens is 2. The summed E-state index contributed by atoms with van der Waals surface area (Å²) in [5, 5.41) is 1.12. The Morgan fingerprint density at radius 1 is 1.15 bits per heavy atom. The molecule has 0 radical (unpaired) electrons. The Bertz CT molecular complexity index is 674. The summed E-state index contributed by atoms with van der Waals surface area (Å²) in [5.41, 5.74) is 1.97. The van der Waals surface area contributed by atoms with E-state index in [-0.39, 0.29) is 0 Å². The molecule has 0 amide bonds. The molecule has 0 unspecified atom stereocenters. The smallest absolute Gasteiger partial charge is 0.178 e. The number of aromatic amines is 1. The normalized spacial score (nSPS) is 16.9. The summed E-state index contributed by atoms with van der Waals surface area (Å²) < 4.78 is 2.83. The van der Waals surface area contributed by atoms with E-state index in [9.17, 15) is 0 Å². The largest absolute Gasteiger partial charge is 0.331 e. The van der Waals surface area contributed by atoms with E-state index in [0.29, 0.717) is 10.0 Å². The summed E-state index contributed by atoms with van der Waals surface area (Å²) in [7, 11) is 0. The number of halogens is 2. The van der Waals surface area contributed by atoms with Gasteiger partial charge in [0.25, 0.3) is 0 Å². The van der Waals surface area contributed by atoms with Gasteiger partial charge in [0.2, 0.25) is 0 Å². The van der Waals surface area contributed by atoms with Crippen molar-refractivity contribution in [3.63, 3.8) is 0 Å². The van der Waals surface area contributed by atoms with Gasteiger partial charge in [-0.15, -0.1) is 0 Å². The maximum absolute atomic E-state index is 6.11. The molecule has 3 rings (SSSR count). The molecule has 1 aromatic heterocycles. The quantitative estimate of drug-likeness (QED) is 0.847. The molecule has 2 aromatic rings. The van der Waals surface area contributed by atoms with Crippen molar-refractivity contribution in [2.75, 3.05) is 31.1 Å². The van der Waals surface area contributed by atoms with E-state index in [1.165, 1.54) is 11.5 Å². The molecule has 1 fully saturated rings. The van der Waals surface area contributed by atoms with Crippen molar-refractivity contribution in [1.82, 2.24) is 14.5 Å². The fraction of sp³-hybridized carbons (Fsp3) is 0.462. The summed E-state index contributed by atoms with van der Waals surface area (Å²) in [4.78, 5) is 5.68. The Hall–Kier alpha value is -0.200. The molecule has 3 nitrogen and oxygen atoms in total. The van der Waals surface area contributed by atoms with Crippen molar-refractivity contribution in [3.05, 3.63) is 26.9 Å². The molecule has 0 spiro atoms. The summed E-state index contributed by atoms with van der Waals surface area (Å²) in [6.07, 6.45) is 0. The topological polar surface area (TPSA) is 24.0 Å². The number of nitrogens with one attached hydrogen (secondary N) is 1. The van der Waals surface area contributed by atoms with Crippen molar-refractivity contribution >= 4 is 58.2 Å². The predicted molar refractivity (Wildman–Crippen MR) is 90.9 cm³/mol. The van der Waals surface area contributed by atoms with Gasteiger partial charge in [0.05, 0.1) is 21.1 Å². The highest BCUT2D eigenvalue weighted by atomic mass is 35.5. The van der Waals surface area contributed by atoms with Gasteiger partial charge in [0.15, 0.2) is 4.77 Å². The minimum Gasteiger partial charge on any atom is -0.331 e. The maximum Gasteiger partial charge on any atom is 0.178 e. The Morgan fingerprint density at radius 2 is 1.85 bits per heavy atom. The molecule has 0 atom stereocenters. The molecule has 0 bridgehead atoms. The van der Waals surface area contributed by atoms with Gasteiger partial charge in [0, 0.05) is 37.7 Å². The molecule has 1 aromatic carbocycles. The first-order valence-corrected chi connectivity index (χ1v) is 8.85. The van der Waals surface area contributed by atoms with Crippen molar-refractivity contribution in [2.24, 2.45) is 0 Å². The number of thioether (sulfide) groups is 1. The Labute approximate surface area is 137 Å². The van der Waals surface area contributed by atoms with Crippen LogP contribution in [0.5, 0.6) is 0 Å². The fourth-order valence-corrected chi connectivity index (χ4v) is 4.04. The first-order valence-electron chi connectivity index (χ1n) is 6.53. The molecule has 2 heterocycles. The zero-order valence-electron chi connectivity index (χ0n) is 10.9. The van der Waals surface area contributed by atoms with E-state index >= 15 is 0 Å². The zero-order valence-corrected chi connectivity index (χ0v) is 14.0. The van der Waals surface area contributed by atoms with E-state index in [1.54, 1.807) is 0 Å². The molecule has 1 N–H and O–H groups in total. The number of hydrogen-bond acceptors (Lipinski definition) is 3. The van der Waals surface area contributed by atoms with Gasteiger partial charge in [-0.3, -0.25) is 4.90 Å². The van der Waals surface area contributed by atoms with Crippen LogP contribution in [0.15, 0.2) is 12.1 Å². The average molecular weight is 348 g/mol. The molecule has 20 heavy (non-hydrogen) atoms. The zero-order chi connectivity index (χ0) is 14.1.